The molecular formula is C40H33FNO+. The Bertz CT molecular complexity index is 2120. The minimum atomic E-state index is -0.297. The second-order valence-corrected chi connectivity index (χ2v) is 11.7. The third kappa shape index (κ3) is 4.71. The predicted octanol–water partition coefficient (Wildman–Crippen LogP) is 10.6. The molecule has 5 aromatic carbocycles. The molecule has 2 aromatic heterocycles. The van der Waals surface area contributed by atoms with Crippen LogP contribution in [0.2, 0.25) is 0 Å². The van der Waals surface area contributed by atoms with Gasteiger partial charge in [-0.05, 0) is 70.0 Å². The highest BCUT2D eigenvalue weighted by Crippen LogP contribution is 2.42. The molecule has 2 heterocycles. The third-order valence-electron chi connectivity index (χ3n) is 8.54. The number of fused-ring (bicyclic) bond motifs is 3. The molecule has 0 spiro atoms. The van der Waals surface area contributed by atoms with Gasteiger partial charge in [0.05, 0.1) is 11.1 Å². The summed E-state index contributed by atoms with van der Waals surface area (Å²) >= 11 is 0. The molecule has 0 saturated heterocycles. The topological polar surface area (TPSA) is 17.0 Å². The van der Waals surface area contributed by atoms with Crippen molar-refractivity contribution in [2.45, 2.75) is 26.7 Å². The molecule has 0 radical (unpaired) electrons. The molecule has 3 heteroatoms. The molecule has 0 aliphatic carbocycles. The second kappa shape index (κ2) is 10.7. The highest BCUT2D eigenvalue weighted by atomic mass is 19.1. The van der Waals surface area contributed by atoms with Gasteiger partial charge in [0, 0.05) is 22.9 Å². The van der Waals surface area contributed by atoms with Crippen LogP contribution in [0.5, 0.6) is 0 Å². The summed E-state index contributed by atoms with van der Waals surface area (Å²) in [7, 11) is 2.06. The van der Waals surface area contributed by atoms with Crippen molar-refractivity contribution >= 4 is 21.9 Å². The van der Waals surface area contributed by atoms with E-state index in [0.717, 1.165) is 55.4 Å². The number of aromatic nitrogens is 1. The zero-order chi connectivity index (χ0) is 29.7. The molecule has 7 aromatic rings. The van der Waals surface area contributed by atoms with E-state index in [-0.39, 0.29) is 5.82 Å². The van der Waals surface area contributed by atoms with E-state index in [2.05, 4.69) is 111 Å². The van der Waals surface area contributed by atoms with Crippen LogP contribution in [0.1, 0.15) is 30.9 Å². The lowest BCUT2D eigenvalue weighted by atomic mass is 9.95. The first kappa shape index (κ1) is 26.9. The number of nitrogens with zero attached hydrogens (tertiary/aromatic N) is 1. The highest BCUT2D eigenvalue weighted by molar-refractivity contribution is 6.13. The number of pyridine rings is 1. The Morgan fingerprint density at radius 1 is 0.605 bits per heavy atom. The van der Waals surface area contributed by atoms with Crippen LogP contribution in [0.15, 0.2) is 126 Å². The summed E-state index contributed by atoms with van der Waals surface area (Å²) in [6, 6.07) is 39.0. The smallest absolute Gasteiger partial charge is 0.216 e. The van der Waals surface area contributed by atoms with Crippen molar-refractivity contribution in [2.75, 3.05) is 0 Å². The summed E-state index contributed by atoms with van der Waals surface area (Å²) in [5.74, 6) is 0.103. The second-order valence-electron chi connectivity index (χ2n) is 11.7. The summed E-state index contributed by atoms with van der Waals surface area (Å²) in [4.78, 5) is 0. The summed E-state index contributed by atoms with van der Waals surface area (Å²) in [5.41, 5.74) is 11.6. The van der Waals surface area contributed by atoms with Crippen LogP contribution >= 0.6 is 0 Å². The largest absolute Gasteiger partial charge is 0.454 e. The van der Waals surface area contributed by atoms with Crippen LogP contribution < -0.4 is 4.57 Å². The summed E-state index contributed by atoms with van der Waals surface area (Å²) < 4.78 is 24.6. The molecule has 0 amide bonds. The first-order chi connectivity index (χ1) is 20.9. The maximum atomic E-state index is 15.8. The fraction of sp³-hybridized carbons (Fsp3) is 0.125. The normalized spacial score (nSPS) is 11.6. The van der Waals surface area contributed by atoms with Gasteiger partial charge in [-0.1, -0.05) is 98.8 Å². The van der Waals surface area contributed by atoms with Crippen molar-refractivity contribution in [2.24, 2.45) is 7.05 Å². The zero-order valence-electron chi connectivity index (χ0n) is 24.9. The van der Waals surface area contributed by atoms with E-state index in [4.69, 9.17) is 4.42 Å². The first-order valence-corrected chi connectivity index (χ1v) is 14.8. The van der Waals surface area contributed by atoms with E-state index in [1.165, 1.54) is 11.1 Å². The Kier molecular flexibility index (Phi) is 6.66. The summed E-state index contributed by atoms with van der Waals surface area (Å²) in [6.45, 7) is 6.52. The molecule has 0 bridgehead atoms. The van der Waals surface area contributed by atoms with Crippen molar-refractivity contribution < 1.29 is 13.4 Å². The fourth-order valence-corrected chi connectivity index (χ4v) is 6.10. The van der Waals surface area contributed by atoms with Gasteiger partial charge in [-0.2, -0.15) is 0 Å². The van der Waals surface area contributed by atoms with Gasteiger partial charge in [0.1, 0.15) is 24.0 Å². The van der Waals surface area contributed by atoms with Crippen molar-refractivity contribution in [3.05, 3.63) is 138 Å². The fourth-order valence-electron chi connectivity index (χ4n) is 6.10. The molecule has 7 rings (SSSR count). The molecule has 0 aliphatic rings. The minimum Gasteiger partial charge on any atom is -0.454 e. The van der Waals surface area contributed by atoms with Crippen LogP contribution in [-0.2, 0) is 7.05 Å². The third-order valence-corrected chi connectivity index (χ3v) is 8.54. The van der Waals surface area contributed by atoms with Gasteiger partial charge < -0.3 is 4.42 Å². The van der Waals surface area contributed by atoms with Gasteiger partial charge in [-0.25, -0.2) is 8.96 Å². The van der Waals surface area contributed by atoms with Crippen molar-refractivity contribution in [1.29, 1.82) is 0 Å². The Morgan fingerprint density at radius 2 is 1.21 bits per heavy atom. The van der Waals surface area contributed by atoms with Gasteiger partial charge in [0.25, 0.3) is 0 Å². The molecule has 2 nitrogen and oxygen atoms in total. The Labute approximate surface area is 251 Å². The monoisotopic (exact) mass is 562 g/mol. The van der Waals surface area contributed by atoms with Gasteiger partial charge >= 0.3 is 0 Å². The highest BCUT2D eigenvalue weighted by Gasteiger charge is 2.24. The molecule has 0 fully saturated rings. The van der Waals surface area contributed by atoms with Crippen LogP contribution in [0, 0.1) is 12.7 Å². The predicted molar refractivity (Wildman–Crippen MR) is 175 cm³/mol. The van der Waals surface area contributed by atoms with E-state index in [1.54, 1.807) is 6.07 Å². The molecule has 0 unspecified atom stereocenters. The van der Waals surface area contributed by atoms with Gasteiger partial charge in [0.15, 0.2) is 6.20 Å². The van der Waals surface area contributed by atoms with Crippen LogP contribution in [0.25, 0.3) is 66.6 Å². The van der Waals surface area contributed by atoms with Gasteiger partial charge in [-0.15, -0.1) is 0 Å². The SMILES string of the molecule is Cc1ccc2c(oc3c(-c4cccc(-c5ccc(-c6ccccc6)cc5)c4)c(F)ccc32)c1-c1cc(C(C)C)cc[n+]1C. The van der Waals surface area contributed by atoms with E-state index in [9.17, 15) is 0 Å². The lowest BCUT2D eigenvalue weighted by molar-refractivity contribution is -0.660. The van der Waals surface area contributed by atoms with Crippen molar-refractivity contribution in [3.8, 4) is 44.6 Å². The molecule has 0 N–H and O–H groups in total. The van der Waals surface area contributed by atoms with Crippen molar-refractivity contribution in [1.82, 2.24) is 0 Å². The standard InChI is InChI=1S/C40H33FNO/c1-25(2)30-21-22-42(4)36(24-30)37-26(3)13-18-33-34-19-20-35(41)38(40(34)43-39(33)37)32-12-8-11-31(23-32)29-16-14-28(15-17-29)27-9-6-5-7-10-27/h5-25H,1-4H3/q+1. The average Bonchev–Trinajstić information content (AvgIpc) is 3.40. The van der Waals surface area contributed by atoms with E-state index < -0.39 is 0 Å². The van der Waals surface area contributed by atoms with E-state index in [1.807, 2.05) is 36.4 Å². The molecule has 210 valence electrons. The zero-order valence-corrected chi connectivity index (χ0v) is 24.9. The lowest BCUT2D eigenvalue weighted by Gasteiger charge is -2.09. The Hall–Kier alpha value is -5.02. The van der Waals surface area contributed by atoms with E-state index in [0.29, 0.717) is 17.1 Å². The average molecular weight is 563 g/mol. The van der Waals surface area contributed by atoms with Crippen LogP contribution in [0.3, 0.4) is 0 Å². The molecule has 43 heavy (non-hydrogen) atoms. The summed E-state index contributed by atoms with van der Waals surface area (Å²) in [5, 5.41) is 1.90. The lowest BCUT2D eigenvalue weighted by Crippen LogP contribution is -2.31. The maximum absolute atomic E-state index is 15.8. The molecular weight excluding hydrogens is 529 g/mol. The molecule has 0 aliphatic heterocycles. The number of aryl methyl sites for hydroxylation is 2. The Balaban J connectivity index is 1.38. The number of hydrogen-bond donors (Lipinski definition) is 0. The van der Waals surface area contributed by atoms with Crippen molar-refractivity contribution in [3.63, 3.8) is 0 Å². The number of furan rings is 1. The van der Waals surface area contributed by atoms with Crippen LogP contribution in [0.4, 0.5) is 4.39 Å². The molecule has 0 saturated carbocycles. The van der Waals surface area contributed by atoms with E-state index >= 15 is 4.39 Å². The number of benzene rings is 5. The Morgan fingerprint density at radius 3 is 1.93 bits per heavy atom. The minimum absolute atomic E-state index is 0.297. The first-order valence-electron chi connectivity index (χ1n) is 14.8. The quantitative estimate of drug-likeness (QED) is 0.191. The number of rotatable bonds is 5. The number of halogens is 1. The maximum Gasteiger partial charge on any atom is 0.216 e. The number of hydrogen-bond acceptors (Lipinski definition) is 1. The van der Waals surface area contributed by atoms with Gasteiger partial charge in [-0.3, -0.25) is 0 Å². The van der Waals surface area contributed by atoms with Crippen LogP contribution in [-0.4, -0.2) is 0 Å². The van der Waals surface area contributed by atoms with Gasteiger partial charge in [0.2, 0.25) is 5.69 Å². The summed E-state index contributed by atoms with van der Waals surface area (Å²) in [6.07, 6.45) is 2.11. The molecule has 0 atom stereocenters.